The van der Waals surface area contributed by atoms with Gasteiger partial charge in [0.2, 0.25) is 0 Å². The Bertz CT molecular complexity index is 1090. The highest BCUT2D eigenvalue weighted by Gasteiger charge is 2.47. The molecule has 1 aliphatic carbocycles. The maximum Gasteiger partial charge on any atom is 0.274 e. The van der Waals surface area contributed by atoms with Crippen molar-refractivity contribution < 1.29 is 22.0 Å². The molecule has 1 aromatic heterocycles. The van der Waals surface area contributed by atoms with Crippen molar-refractivity contribution in [1.29, 1.82) is 5.41 Å². The summed E-state index contributed by atoms with van der Waals surface area (Å²) in [7, 11) is -3.59. The van der Waals surface area contributed by atoms with Crippen molar-refractivity contribution in [2.75, 3.05) is 11.1 Å². The number of carbonyl (C=O) groups excluding carboxylic acids is 1. The molecular weight excluding hydrogens is 402 g/mol. The van der Waals surface area contributed by atoms with Crippen LogP contribution in [-0.2, 0) is 9.84 Å². The fourth-order valence-electron chi connectivity index (χ4n) is 3.52. The Morgan fingerprint density at radius 3 is 2.59 bits per heavy atom. The van der Waals surface area contributed by atoms with Crippen molar-refractivity contribution in [1.82, 2.24) is 10.3 Å². The summed E-state index contributed by atoms with van der Waals surface area (Å²) < 4.78 is 52.6. The predicted molar refractivity (Wildman–Crippen MR) is 102 cm³/mol. The van der Waals surface area contributed by atoms with Crippen molar-refractivity contribution in [2.24, 2.45) is 5.92 Å². The fraction of sp³-hybridized carbons (Fsp3) is 0.316. The van der Waals surface area contributed by atoms with Crippen molar-refractivity contribution >= 4 is 27.3 Å². The quantitative estimate of drug-likeness (QED) is 0.703. The van der Waals surface area contributed by atoms with E-state index >= 15 is 0 Å². The van der Waals surface area contributed by atoms with Crippen LogP contribution in [0.5, 0.6) is 0 Å². The number of hydrogen-bond acceptors (Lipinski definition) is 5. The number of anilines is 1. The van der Waals surface area contributed by atoms with E-state index in [1.165, 1.54) is 18.2 Å². The second-order valence-corrected chi connectivity index (χ2v) is 9.42. The van der Waals surface area contributed by atoms with Gasteiger partial charge < -0.3 is 10.6 Å². The zero-order valence-electron chi connectivity index (χ0n) is 15.2. The second kappa shape index (κ2) is 7.18. The highest BCUT2D eigenvalue weighted by atomic mass is 32.2. The van der Waals surface area contributed by atoms with E-state index in [2.05, 4.69) is 15.6 Å². The summed E-state index contributed by atoms with van der Waals surface area (Å²) in [4.78, 5) is 15.9. The number of aromatic nitrogens is 1. The maximum absolute atomic E-state index is 14.4. The van der Waals surface area contributed by atoms with Gasteiger partial charge in [0.05, 0.1) is 18.0 Å². The van der Waals surface area contributed by atoms with Crippen LogP contribution in [-0.4, -0.2) is 36.1 Å². The summed E-state index contributed by atoms with van der Waals surface area (Å²) in [5, 5.41) is 12.6. The van der Waals surface area contributed by atoms with Gasteiger partial charge in [-0.1, -0.05) is 0 Å². The lowest BCUT2D eigenvalue weighted by atomic mass is 10.1. The van der Waals surface area contributed by atoms with Gasteiger partial charge in [0.15, 0.2) is 9.84 Å². The lowest BCUT2D eigenvalue weighted by Gasteiger charge is -2.32. The Balaban J connectivity index is 1.56. The van der Waals surface area contributed by atoms with E-state index in [1.54, 1.807) is 0 Å². The average Bonchev–Trinajstić information content (AvgIpc) is 3.47. The normalized spacial score (nSPS) is 23.3. The molecule has 2 aromatic rings. The van der Waals surface area contributed by atoms with E-state index in [9.17, 15) is 22.0 Å². The number of carbonyl (C=O) groups is 1. The molecule has 1 saturated carbocycles. The fourth-order valence-corrected chi connectivity index (χ4v) is 5.74. The molecule has 2 atom stereocenters. The van der Waals surface area contributed by atoms with Gasteiger partial charge in [0.1, 0.15) is 28.4 Å². The monoisotopic (exact) mass is 420 g/mol. The van der Waals surface area contributed by atoms with E-state index < -0.39 is 38.7 Å². The highest BCUT2D eigenvalue weighted by Crippen LogP contribution is 2.40. The Kier molecular flexibility index (Phi) is 4.81. The van der Waals surface area contributed by atoms with Crippen LogP contribution in [0, 0.1) is 23.0 Å². The second-order valence-electron chi connectivity index (χ2n) is 7.25. The minimum absolute atomic E-state index is 0.0234. The molecule has 2 aliphatic rings. The first-order chi connectivity index (χ1) is 13.7. The van der Waals surface area contributed by atoms with Gasteiger partial charge in [-0.25, -0.2) is 22.2 Å². The average molecular weight is 420 g/mol. The van der Waals surface area contributed by atoms with Gasteiger partial charge in [-0.3, -0.25) is 10.2 Å². The van der Waals surface area contributed by atoms with E-state index in [1.807, 2.05) is 0 Å². The minimum Gasteiger partial charge on any atom is -0.365 e. The largest absolute Gasteiger partial charge is 0.365 e. The molecule has 1 amide bonds. The molecule has 152 valence electrons. The summed E-state index contributed by atoms with van der Waals surface area (Å²) in [6.45, 7) is 0. The SMILES string of the molecule is N=C1NC(c2cc(NC(=O)c3ccc(F)cn3)ccc2F)CS(=O)(=O)C1C1CC1. The van der Waals surface area contributed by atoms with Gasteiger partial charge in [0.25, 0.3) is 5.91 Å². The first kappa shape index (κ1) is 19.4. The third-order valence-electron chi connectivity index (χ3n) is 5.04. The summed E-state index contributed by atoms with van der Waals surface area (Å²) in [5.74, 6) is -2.33. The van der Waals surface area contributed by atoms with Crippen molar-refractivity contribution in [3.05, 3.63) is 59.4 Å². The van der Waals surface area contributed by atoms with Crippen LogP contribution in [0.25, 0.3) is 0 Å². The number of halogens is 2. The van der Waals surface area contributed by atoms with Crippen LogP contribution in [0.3, 0.4) is 0 Å². The van der Waals surface area contributed by atoms with Crippen molar-refractivity contribution in [2.45, 2.75) is 24.1 Å². The Morgan fingerprint density at radius 2 is 1.97 bits per heavy atom. The first-order valence-corrected chi connectivity index (χ1v) is 10.7. The topological polar surface area (TPSA) is 112 Å². The number of benzene rings is 1. The van der Waals surface area contributed by atoms with Gasteiger partial charge in [-0.15, -0.1) is 0 Å². The number of amidine groups is 1. The Hall–Kier alpha value is -2.88. The zero-order valence-corrected chi connectivity index (χ0v) is 16.0. The van der Waals surface area contributed by atoms with E-state index in [4.69, 9.17) is 5.41 Å². The van der Waals surface area contributed by atoms with E-state index in [0.717, 1.165) is 31.2 Å². The number of rotatable bonds is 4. The molecule has 4 rings (SSSR count). The summed E-state index contributed by atoms with van der Waals surface area (Å²) in [5.41, 5.74) is 0.245. The maximum atomic E-state index is 14.4. The van der Waals surface area contributed by atoms with Crippen LogP contribution in [0.4, 0.5) is 14.5 Å². The molecule has 0 bridgehead atoms. The molecule has 10 heteroatoms. The zero-order chi connectivity index (χ0) is 20.8. The van der Waals surface area contributed by atoms with Gasteiger partial charge in [0, 0.05) is 11.3 Å². The van der Waals surface area contributed by atoms with Gasteiger partial charge >= 0.3 is 0 Å². The predicted octanol–water partition coefficient (Wildman–Crippen LogP) is 2.43. The van der Waals surface area contributed by atoms with Crippen molar-refractivity contribution in [3.63, 3.8) is 0 Å². The molecule has 1 aromatic carbocycles. The van der Waals surface area contributed by atoms with Crippen LogP contribution in [0.1, 0.15) is 34.9 Å². The lowest BCUT2D eigenvalue weighted by Crippen LogP contribution is -2.51. The van der Waals surface area contributed by atoms with Crippen LogP contribution in [0.2, 0.25) is 0 Å². The smallest absolute Gasteiger partial charge is 0.274 e. The van der Waals surface area contributed by atoms with Gasteiger partial charge in [-0.2, -0.15) is 0 Å². The molecule has 0 radical (unpaired) electrons. The molecular formula is C19H18F2N4O3S. The van der Waals surface area contributed by atoms with Crippen molar-refractivity contribution in [3.8, 4) is 0 Å². The number of nitrogens with one attached hydrogen (secondary N) is 3. The highest BCUT2D eigenvalue weighted by molar-refractivity contribution is 7.92. The molecule has 7 nitrogen and oxygen atoms in total. The number of sulfone groups is 1. The molecule has 2 fully saturated rings. The Labute approximate surface area is 166 Å². The number of nitrogens with zero attached hydrogens (tertiary/aromatic N) is 1. The standard InChI is InChI=1S/C19H18F2N4O3S/c20-11-3-6-15(23-8-11)19(26)24-12-4-5-14(21)13(7-12)16-9-29(27,28)17(10-1-2-10)18(22)25-16/h3-8,10,16-17H,1-2,9H2,(H2,22,25)(H,24,26). The number of pyridine rings is 1. The number of amides is 1. The molecule has 1 aliphatic heterocycles. The van der Waals surface area contributed by atoms with Crippen LogP contribution < -0.4 is 10.6 Å². The summed E-state index contributed by atoms with van der Waals surface area (Å²) in [6.07, 6.45) is 2.45. The third kappa shape index (κ3) is 3.98. The van der Waals surface area contributed by atoms with E-state index in [-0.39, 0.29) is 34.5 Å². The third-order valence-corrected chi connectivity index (χ3v) is 7.23. The Morgan fingerprint density at radius 1 is 1.21 bits per heavy atom. The van der Waals surface area contributed by atoms with E-state index in [0.29, 0.717) is 0 Å². The molecule has 29 heavy (non-hydrogen) atoms. The first-order valence-electron chi connectivity index (χ1n) is 9.03. The number of hydrogen-bond donors (Lipinski definition) is 3. The lowest BCUT2D eigenvalue weighted by molar-refractivity contribution is 0.102. The summed E-state index contributed by atoms with van der Waals surface area (Å²) in [6, 6.07) is 5.15. The molecule has 1 saturated heterocycles. The summed E-state index contributed by atoms with van der Waals surface area (Å²) >= 11 is 0. The van der Waals surface area contributed by atoms with Crippen LogP contribution in [0.15, 0.2) is 36.5 Å². The molecule has 2 unspecified atom stereocenters. The minimum atomic E-state index is -3.59. The van der Waals surface area contributed by atoms with Crippen LogP contribution >= 0.6 is 0 Å². The molecule has 0 spiro atoms. The molecule has 3 N–H and O–H groups in total. The molecule has 2 heterocycles. The van der Waals surface area contributed by atoms with Gasteiger partial charge in [-0.05, 0) is 49.1 Å².